The van der Waals surface area contributed by atoms with Crippen molar-refractivity contribution >= 4 is 16.1 Å². The number of benzene rings is 1. The van der Waals surface area contributed by atoms with Gasteiger partial charge in [-0.05, 0) is 18.6 Å². The first kappa shape index (κ1) is 17.7. The van der Waals surface area contributed by atoms with Gasteiger partial charge in [0, 0.05) is 0 Å². The van der Waals surface area contributed by atoms with Crippen LogP contribution in [0.1, 0.15) is 55.8 Å². The van der Waals surface area contributed by atoms with Gasteiger partial charge in [-0.1, -0.05) is 51.2 Å². The van der Waals surface area contributed by atoms with Crippen molar-refractivity contribution in [3.63, 3.8) is 0 Å². The molecule has 0 saturated carbocycles. The number of carbonyl (C=O) groups excluding carboxylic acids is 1. The average molecular weight is 314 g/mol. The Balaban J connectivity index is 2.47. The highest BCUT2D eigenvalue weighted by Crippen LogP contribution is 2.16. The van der Waals surface area contributed by atoms with Gasteiger partial charge < -0.3 is 4.74 Å². The van der Waals surface area contributed by atoms with Crippen LogP contribution in [-0.4, -0.2) is 25.5 Å². The summed E-state index contributed by atoms with van der Waals surface area (Å²) in [6.45, 7) is 2.40. The summed E-state index contributed by atoms with van der Waals surface area (Å²) in [5, 5.41) is 0. The first-order valence-electron chi connectivity index (χ1n) is 7.20. The van der Waals surface area contributed by atoms with Crippen molar-refractivity contribution in [3.8, 4) is 0 Å². The molecule has 0 saturated heterocycles. The molecule has 1 aromatic rings. The second kappa shape index (κ2) is 8.79. The van der Waals surface area contributed by atoms with Gasteiger partial charge in [0.15, 0.2) is 0 Å². The number of ether oxygens (including phenoxy) is 1. The highest BCUT2D eigenvalue weighted by molar-refractivity contribution is 7.86. The highest BCUT2D eigenvalue weighted by atomic mass is 32.2. The molecule has 118 valence electrons. The Morgan fingerprint density at radius 3 is 2.38 bits per heavy atom. The molecule has 0 spiro atoms. The second-order valence-corrected chi connectivity index (χ2v) is 6.26. The number of unbranched alkanes of at least 4 members (excludes halogenated alkanes) is 5. The van der Waals surface area contributed by atoms with Crippen LogP contribution < -0.4 is 0 Å². The molecule has 6 heteroatoms. The summed E-state index contributed by atoms with van der Waals surface area (Å²) in [4.78, 5) is 11.4. The van der Waals surface area contributed by atoms with E-state index in [0.29, 0.717) is 0 Å². The predicted molar refractivity (Wildman–Crippen MR) is 79.9 cm³/mol. The lowest BCUT2D eigenvalue weighted by Gasteiger charge is -2.07. The standard InChI is InChI=1S/C15H22O5S/c1-2-3-4-5-6-9-12-20-15(16)13-10-7-8-11-14(13)21(17,18)19/h7-8,10-11H,2-6,9,12H2,1H3,(H,17,18,19). The van der Waals surface area contributed by atoms with Gasteiger partial charge in [0.25, 0.3) is 10.1 Å². The number of hydrogen-bond donors (Lipinski definition) is 1. The van der Waals surface area contributed by atoms with E-state index in [1.165, 1.54) is 43.5 Å². The van der Waals surface area contributed by atoms with Gasteiger partial charge in [0.05, 0.1) is 12.2 Å². The number of carbonyl (C=O) groups is 1. The van der Waals surface area contributed by atoms with Crippen LogP contribution in [0.5, 0.6) is 0 Å². The van der Waals surface area contributed by atoms with E-state index in [4.69, 9.17) is 9.29 Å². The van der Waals surface area contributed by atoms with Gasteiger partial charge >= 0.3 is 5.97 Å². The molecule has 0 aliphatic heterocycles. The molecule has 1 rings (SSSR count). The molecular formula is C15H22O5S. The van der Waals surface area contributed by atoms with Crippen LogP contribution >= 0.6 is 0 Å². The molecule has 0 aliphatic carbocycles. The maximum Gasteiger partial charge on any atom is 0.339 e. The third-order valence-corrected chi connectivity index (χ3v) is 4.03. The minimum Gasteiger partial charge on any atom is -0.462 e. The highest BCUT2D eigenvalue weighted by Gasteiger charge is 2.20. The van der Waals surface area contributed by atoms with E-state index in [9.17, 15) is 13.2 Å². The molecule has 5 nitrogen and oxygen atoms in total. The van der Waals surface area contributed by atoms with Crippen LogP contribution in [-0.2, 0) is 14.9 Å². The van der Waals surface area contributed by atoms with Gasteiger partial charge in [-0.25, -0.2) is 4.79 Å². The zero-order chi connectivity index (χ0) is 15.7. The minimum atomic E-state index is -4.42. The molecule has 0 amide bonds. The molecule has 1 N–H and O–H groups in total. The van der Waals surface area contributed by atoms with Crippen molar-refractivity contribution < 1.29 is 22.5 Å². The Morgan fingerprint density at radius 2 is 1.71 bits per heavy atom. The van der Waals surface area contributed by atoms with Crippen molar-refractivity contribution in [3.05, 3.63) is 29.8 Å². The Labute approximate surface area is 126 Å². The number of hydrogen-bond acceptors (Lipinski definition) is 4. The van der Waals surface area contributed by atoms with Crippen LogP contribution in [0.25, 0.3) is 0 Å². The fourth-order valence-corrected chi connectivity index (χ4v) is 2.67. The van der Waals surface area contributed by atoms with E-state index in [1.807, 2.05) is 0 Å². The quantitative estimate of drug-likeness (QED) is 0.429. The Hall–Kier alpha value is -1.40. The molecule has 21 heavy (non-hydrogen) atoms. The average Bonchev–Trinajstić information content (AvgIpc) is 2.45. The van der Waals surface area contributed by atoms with Crippen molar-refractivity contribution in [1.29, 1.82) is 0 Å². The van der Waals surface area contributed by atoms with E-state index < -0.39 is 21.0 Å². The van der Waals surface area contributed by atoms with Crippen LogP contribution in [0.15, 0.2) is 29.2 Å². The van der Waals surface area contributed by atoms with E-state index in [1.54, 1.807) is 0 Å². The fourth-order valence-electron chi connectivity index (χ4n) is 1.99. The van der Waals surface area contributed by atoms with Gasteiger partial charge in [0.1, 0.15) is 4.90 Å². The zero-order valence-corrected chi connectivity index (χ0v) is 13.1. The normalized spacial score (nSPS) is 11.3. The molecular weight excluding hydrogens is 292 g/mol. The maximum atomic E-state index is 11.8. The molecule has 1 aromatic carbocycles. The molecule has 0 atom stereocenters. The lowest BCUT2D eigenvalue weighted by Crippen LogP contribution is -2.12. The summed E-state index contributed by atoms with van der Waals surface area (Å²) >= 11 is 0. The summed E-state index contributed by atoms with van der Waals surface area (Å²) in [7, 11) is -4.42. The van der Waals surface area contributed by atoms with E-state index >= 15 is 0 Å². The van der Waals surface area contributed by atoms with E-state index in [0.717, 1.165) is 19.3 Å². The third kappa shape index (κ3) is 6.27. The Bertz CT molecular complexity index is 551. The maximum absolute atomic E-state index is 11.8. The van der Waals surface area contributed by atoms with Crippen LogP contribution in [0.4, 0.5) is 0 Å². The van der Waals surface area contributed by atoms with Crippen LogP contribution in [0, 0.1) is 0 Å². The molecule has 0 aliphatic rings. The summed E-state index contributed by atoms with van der Waals surface area (Å²) in [5.41, 5.74) is -0.133. The lowest BCUT2D eigenvalue weighted by atomic mass is 10.1. The minimum absolute atomic E-state index is 0.133. The summed E-state index contributed by atoms with van der Waals surface area (Å²) in [5.74, 6) is -0.725. The smallest absolute Gasteiger partial charge is 0.339 e. The number of rotatable bonds is 9. The van der Waals surface area contributed by atoms with Gasteiger partial charge in [-0.15, -0.1) is 0 Å². The van der Waals surface area contributed by atoms with E-state index in [2.05, 4.69) is 6.92 Å². The molecule has 0 fully saturated rings. The molecule has 0 radical (unpaired) electrons. The second-order valence-electron chi connectivity index (χ2n) is 4.87. The van der Waals surface area contributed by atoms with Crippen molar-refractivity contribution in [1.82, 2.24) is 0 Å². The first-order chi connectivity index (χ1) is 9.96. The van der Waals surface area contributed by atoms with Gasteiger partial charge in [-0.3, -0.25) is 4.55 Å². The predicted octanol–water partition coefficient (Wildman–Crippen LogP) is 3.45. The Kier molecular flexibility index (Phi) is 7.39. The Morgan fingerprint density at radius 1 is 1.10 bits per heavy atom. The molecule has 0 aromatic heterocycles. The topological polar surface area (TPSA) is 80.7 Å². The largest absolute Gasteiger partial charge is 0.462 e. The molecule has 0 unspecified atom stereocenters. The first-order valence-corrected chi connectivity index (χ1v) is 8.64. The van der Waals surface area contributed by atoms with Crippen molar-refractivity contribution in [2.75, 3.05) is 6.61 Å². The van der Waals surface area contributed by atoms with Gasteiger partial charge in [-0.2, -0.15) is 8.42 Å². The summed E-state index contributed by atoms with van der Waals surface area (Å²) in [6.07, 6.45) is 6.41. The van der Waals surface area contributed by atoms with E-state index in [-0.39, 0.29) is 12.2 Å². The monoisotopic (exact) mass is 314 g/mol. The summed E-state index contributed by atoms with van der Waals surface area (Å²) < 4.78 is 36.5. The SMILES string of the molecule is CCCCCCCCOC(=O)c1ccccc1S(=O)(=O)O. The zero-order valence-electron chi connectivity index (χ0n) is 12.2. The summed E-state index contributed by atoms with van der Waals surface area (Å²) in [6, 6.07) is 5.47. The number of esters is 1. The molecule has 0 heterocycles. The van der Waals surface area contributed by atoms with Crippen molar-refractivity contribution in [2.24, 2.45) is 0 Å². The molecule has 0 bridgehead atoms. The third-order valence-electron chi connectivity index (χ3n) is 3.12. The van der Waals surface area contributed by atoms with Crippen molar-refractivity contribution in [2.45, 2.75) is 50.3 Å². The lowest BCUT2D eigenvalue weighted by molar-refractivity contribution is 0.0492. The fraction of sp³-hybridized carbons (Fsp3) is 0.533. The van der Waals surface area contributed by atoms with Crippen LogP contribution in [0.3, 0.4) is 0 Å². The van der Waals surface area contributed by atoms with Gasteiger partial charge in [0.2, 0.25) is 0 Å². The van der Waals surface area contributed by atoms with Crippen LogP contribution in [0.2, 0.25) is 0 Å².